The molecule has 17 heavy (non-hydrogen) atoms. The largest absolute Gasteiger partial charge is 0.444 e. The summed E-state index contributed by atoms with van der Waals surface area (Å²) in [6, 6.07) is 2.77. The number of fused-ring (bicyclic) bond motifs is 2. The van der Waals surface area contributed by atoms with Crippen LogP contribution in [0, 0.1) is 16.7 Å². The maximum Gasteiger partial charge on any atom is 0.410 e. The number of rotatable bonds is 0. The van der Waals surface area contributed by atoms with Crippen LogP contribution in [0.1, 0.15) is 47.0 Å². The van der Waals surface area contributed by atoms with Crippen LogP contribution in [0.3, 0.4) is 0 Å². The van der Waals surface area contributed by atoms with Gasteiger partial charge in [-0.25, -0.2) is 4.79 Å². The molecule has 3 aliphatic rings. The lowest BCUT2D eigenvalue weighted by Crippen LogP contribution is -2.65. The van der Waals surface area contributed by atoms with E-state index in [0.717, 1.165) is 19.3 Å². The highest BCUT2D eigenvalue weighted by molar-refractivity contribution is 5.70. The van der Waals surface area contributed by atoms with Crippen molar-refractivity contribution in [2.24, 2.45) is 5.41 Å². The van der Waals surface area contributed by atoms with Gasteiger partial charge in [-0.15, -0.1) is 0 Å². The number of ether oxygens (including phenoxy) is 1. The molecule has 1 saturated carbocycles. The zero-order chi connectivity index (χ0) is 12.8. The number of amides is 1. The van der Waals surface area contributed by atoms with E-state index >= 15 is 0 Å². The Kier molecular flexibility index (Phi) is 2.61. The van der Waals surface area contributed by atoms with E-state index in [-0.39, 0.29) is 23.6 Å². The van der Waals surface area contributed by atoms with E-state index in [1.807, 2.05) is 32.6 Å². The van der Waals surface area contributed by atoms with Gasteiger partial charge < -0.3 is 9.64 Å². The first kappa shape index (κ1) is 12.2. The number of piperidine rings is 1. The predicted molar refractivity (Wildman–Crippen MR) is 63.2 cm³/mol. The van der Waals surface area contributed by atoms with Gasteiger partial charge in [0.1, 0.15) is 5.60 Å². The summed E-state index contributed by atoms with van der Waals surface area (Å²) < 4.78 is 5.38. The van der Waals surface area contributed by atoms with E-state index in [1.54, 1.807) is 0 Å². The van der Waals surface area contributed by atoms with Crippen LogP contribution in [0.5, 0.6) is 0 Å². The van der Waals surface area contributed by atoms with Gasteiger partial charge in [-0.05, 0) is 47.0 Å². The minimum absolute atomic E-state index is 0.202. The van der Waals surface area contributed by atoms with Gasteiger partial charge in [0.2, 0.25) is 0 Å². The van der Waals surface area contributed by atoms with Gasteiger partial charge in [0.15, 0.2) is 0 Å². The van der Waals surface area contributed by atoms with Crippen molar-refractivity contribution in [2.75, 3.05) is 0 Å². The fraction of sp³-hybridized carbons (Fsp3) is 0.846. The number of hydrogen-bond acceptors (Lipinski definition) is 3. The Balaban J connectivity index is 2.00. The minimum Gasteiger partial charge on any atom is -0.444 e. The van der Waals surface area contributed by atoms with Crippen molar-refractivity contribution < 1.29 is 9.53 Å². The Morgan fingerprint density at radius 2 is 1.94 bits per heavy atom. The predicted octanol–water partition coefficient (Wildman–Crippen LogP) is 2.69. The number of nitrogens with zero attached hydrogens (tertiary/aromatic N) is 2. The molecule has 1 amide bonds. The van der Waals surface area contributed by atoms with Crippen LogP contribution in [-0.4, -0.2) is 28.7 Å². The SMILES string of the molecule is CC1(C#N)CC2CC(C1)N2C(=O)OC(C)(C)C. The van der Waals surface area contributed by atoms with Crippen LogP contribution in [0.4, 0.5) is 4.79 Å². The third-order valence-corrected chi connectivity index (χ3v) is 3.58. The van der Waals surface area contributed by atoms with Crippen molar-refractivity contribution in [1.82, 2.24) is 4.90 Å². The molecule has 2 heterocycles. The first-order valence-corrected chi connectivity index (χ1v) is 6.17. The monoisotopic (exact) mass is 236 g/mol. The van der Waals surface area contributed by atoms with E-state index < -0.39 is 5.60 Å². The van der Waals surface area contributed by atoms with Crippen molar-refractivity contribution in [2.45, 2.75) is 64.6 Å². The standard InChI is InChI=1S/C13H20N2O2/c1-12(2,3)17-11(16)15-9-5-10(15)7-13(4,6-9)8-14/h9-10H,5-7H2,1-4H3. The molecule has 2 atom stereocenters. The summed E-state index contributed by atoms with van der Waals surface area (Å²) in [6.45, 7) is 7.61. The van der Waals surface area contributed by atoms with Crippen molar-refractivity contribution >= 4 is 6.09 Å². The van der Waals surface area contributed by atoms with Gasteiger partial charge in [-0.1, -0.05) is 0 Å². The first-order chi connectivity index (χ1) is 7.74. The lowest BCUT2D eigenvalue weighted by Gasteiger charge is -2.56. The summed E-state index contributed by atoms with van der Waals surface area (Å²) in [5.74, 6) is 0. The molecule has 3 fully saturated rings. The van der Waals surface area contributed by atoms with Gasteiger partial charge in [0.25, 0.3) is 0 Å². The minimum atomic E-state index is -0.445. The van der Waals surface area contributed by atoms with Crippen LogP contribution in [0.25, 0.3) is 0 Å². The third-order valence-electron chi connectivity index (χ3n) is 3.58. The highest BCUT2D eigenvalue weighted by Gasteiger charge is 2.53. The van der Waals surface area contributed by atoms with E-state index in [9.17, 15) is 4.79 Å². The molecule has 1 aliphatic carbocycles. The fourth-order valence-electron chi connectivity index (χ4n) is 2.89. The molecule has 0 radical (unpaired) electrons. The van der Waals surface area contributed by atoms with Crippen LogP contribution in [0.15, 0.2) is 0 Å². The molecule has 0 spiro atoms. The highest BCUT2D eigenvalue weighted by Crippen LogP contribution is 2.47. The van der Waals surface area contributed by atoms with Crippen LogP contribution < -0.4 is 0 Å². The topological polar surface area (TPSA) is 53.3 Å². The molecule has 0 aromatic heterocycles. The van der Waals surface area contributed by atoms with Crippen molar-refractivity contribution in [3.63, 3.8) is 0 Å². The van der Waals surface area contributed by atoms with Gasteiger partial charge in [-0.3, -0.25) is 0 Å². The molecule has 2 bridgehead atoms. The summed E-state index contributed by atoms with van der Waals surface area (Å²) in [5, 5.41) is 9.12. The quantitative estimate of drug-likeness (QED) is 0.649. The van der Waals surface area contributed by atoms with E-state index in [2.05, 4.69) is 6.07 Å². The summed E-state index contributed by atoms with van der Waals surface area (Å²) in [7, 11) is 0. The maximum atomic E-state index is 12.0. The lowest BCUT2D eigenvalue weighted by atomic mass is 9.66. The summed E-state index contributed by atoms with van der Waals surface area (Å²) in [6.07, 6.45) is 2.35. The Morgan fingerprint density at radius 3 is 2.35 bits per heavy atom. The third kappa shape index (κ3) is 2.24. The Hall–Kier alpha value is -1.24. The number of hydrogen-bond donors (Lipinski definition) is 0. The normalized spacial score (nSPS) is 35.8. The molecule has 2 unspecified atom stereocenters. The van der Waals surface area contributed by atoms with Crippen molar-refractivity contribution in [3.8, 4) is 6.07 Å². The number of carbonyl (C=O) groups excluding carboxylic acids is 1. The van der Waals surface area contributed by atoms with Gasteiger partial charge in [0, 0.05) is 12.1 Å². The highest BCUT2D eigenvalue weighted by atomic mass is 16.6. The van der Waals surface area contributed by atoms with E-state index in [0.29, 0.717) is 0 Å². The number of carbonyl (C=O) groups is 1. The van der Waals surface area contributed by atoms with E-state index in [4.69, 9.17) is 10.00 Å². The van der Waals surface area contributed by atoms with E-state index in [1.165, 1.54) is 0 Å². The molecular weight excluding hydrogens is 216 g/mol. The molecular formula is C13H20N2O2. The second-order valence-electron chi connectivity index (χ2n) is 6.51. The Bertz CT molecular complexity index is 366. The molecule has 94 valence electrons. The zero-order valence-electron chi connectivity index (χ0n) is 11.0. The molecule has 4 nitrogen and oxygen atoms in total. The lowest BCUT2D eigenvalue weighted by molar-refractivity contribution is -0.0748. The van der Waals surface area contributed by atoms with Crippen molar-refractivity contribution in [3.05, 3.63) is 0 Å². The Morgan fingerprint density at radius 1 is 1.41 bits per heavy atom. The smallest absolute Gasteiger partial charge is 0.410 e. The first-order valence-electron chi connectivity index (χ1n) is 6.17. The van der Waals surface area contributed by atoms with Gasteiger partial charge >= 0.3 is 6.09 Å². The average molecular weight is 236 g/mol. The molecule has 2 saturated heterocycles. The zero-order valence-corrected chi connectivity index (χ0v) is 11.0. The van der Waals surface area contributed by atoms with Crippen LogP contribution in [0.2, 0.25) is 0 Å². The summed E-state index contributed by atoms with van der Waals surface area (Å²) in [5.41, 5.74) is -0.703. The second kappa shape index (κ2) is 3.63. The Labute approximate surface area is 103 Å². The summed E-state index contributed by atoms with van der Waals surface area (Å²) in [4.78, 5) is 13.8. The molecule has 0 aromatic carbocycles. The molecule has 4 heteroatoms. The summed E-state index contributed by atoms with van der Waals surface area (Å²) >= 11 is 0. The fourth-order valence-corrected chi connectivity index (χ4v) is 2.89. The van der Waals surface area contributed by atoms with Gasteiger partial charge in [-0.2, -0.15) is 5.26 Å². The maximum absolute atomic E-state index is 12.0. The molecule has 0 N–H and O–H groups in total. The molecule has 2 aliphatic heterocycles. The van der Waals surface area contributed by atoms with Crippen LogP contribution >= 0.6 is 0 Å². The van der Waals surface area contributed by atoms with Crippen molar-refractivity contribution in [1.29, 1.82) is 5.26 Å². The molecule has 3 rings (SSSR count). The second-order valence-corrected chi connectivity index (χ2v) is 6.51. The number of nitriles is 1. The van der Waals surface area contributed by atoms with Gasteiger partial charge in [0.05, 0.1) is 11.5 Å². The molecule has 0 aromatic rings. The average Bonchev–Trinajstić information content (AvgIpc) is 2.14. The van der Waals surface area contributed by atoms with Crippen LogP contribution in [-0.2, 0) is 4.74 Å².